The number of hydrogen-bond acceptors (Lipinski definition) is 3. The lowest BCUT2D eigenvalue weighted by atomic mass is 10.2. The van der Waals surface area contributed by atoms with Crippen LogP contribution in [0, 0.1) is 0 Å². The van der Waals surface area contributed by atoms with Crippen molar-refractivity contribution in [3.63, 3.8) is 0 Å². The van der Waals surface area contributed by atoms with Gasteiger partial charge in [0.1, 0.15) is 0 Å². The van der Waals surface area contributed by atoms with Crippen LogP contribution in [0.2, 0.25) is 5.02 Å². The second-order valence-electron chi connectivity index (χ2n) is 4.22. The molecule has 0 spiro atoms. The zero-order valence-corrected chi connectivity index (χ0v) is 11.9. The van der Waals surface area contributed by atoms with Gasteiger partial charge in [-0.3, -0.25) is 4.79 Å². The molecule has 1 aromatic carbocycles. The molecule has 1 aromatic heterocycles. The first-order chi connectivity index (χ1) is 9.15. The molecule has 0 aliphatic carbocycles. The van der Waals surface area contributed by atoms with Gasteiger partial charge in [-0.05, 0) is 42.5 Å². The number of carbonyl (C=O) groups excluding carboxylic acids is 1. The lowest BCUT2D eigenvalue weighted by Gasteiger charge is -2.07. The molecule has 0 aliphatic heterocycles. The fourth-order valence-corrected chi connectivity index (χ4v) is 2.65. The Morgan fingerprint density at radius 3 is 2.95 bits per heavy atom. The predicted molar refractivity (Wildman–Crippen MR) is 81.8 cm³/mol. The minimum atomic E-state index is -0.0379. The van der Waals surface area contributed by atoms with Crippen molar-refractivity contribution in [1.82, 2.24) is 0 Å². The van der Waals surface area contributed by atoms with E-state index in [4.69, 9.17) is 17.3 Å². The average molecular weight is 295 g/mol. The van der Waals surface area contributed by atoms with E-state index in [2.05, 4.69) is 11.4 Å². The first kappa shape index (κ1) is 13.9. The van der Waals surface area contributed by atoms with E-state index in [1.165, 1.54) is 4.88 Å². The maximum absolute atomic E-state index is 11.8. The SMILES string of the molecule is Nc1ccc(Cl)c(NC(=O)CCCc2cccs2)c1. The lowest BCUT2D eigenvalue weighted by Crippen LogP contribution is -2.12. The van der Waals surface area contributed by atoms with Gasteiger partial charge >= 0.3 is 0 Å². The second-order valence-corrected chi connectivity index (χ2v) is 5.66. The zero-order chi connectivity index (χ0) is 13.7. The summed E-state index contributed by atoms with van der Waals surface area (Å²) in [4.78, 5) is 13.1. The summed E-state index contributed by atoms with van der Waals surface area (Å²) in [5.41, 5.74) is 6.81. The fraction of sp³-hybridized carbons (Fsp3) is 0.214. The number of anilines is 2. The molecule has 100 valence electrons. The number of hydrogen-bond donors (Lipinski definition) is 2. The number of benzene rings is 1. The Labute approximate surface area is 121 Å². The number of aryl methyl sites for hydroxylation is 1. The first-order valence-electron chi connectivity index (χ1n) is 6.02. The summed E-state index contributed by atoms with van der Waals surface area (Å²) in [6.45, 7) is 0. The van der Waals surface area contributed by atoms with E-state index in [1.807, 2.05) is 11.4 Å². The van der Waals surface area contributed by atoms with Crippen molar-refractivity contribution in [1.29, 1.82) is 0 Å². The molecule has 0 atom stereocenters. The molecule has 3 nitrogen and oxygen atoms in total. The van der Waals surface area contributed by atoms with Gasteiger partial charge in [-0.15, -0.1) is 11.3 Å². The van der Waals surface area contributed by atoms with Gasteiger partial charge in [-0.2, -0.15) is 0 Å². The highest BCUT2D eigenvalue weighted by Gasteiger charge is 2.06. The zero-order valence-electron chi connectivity index (χ0n) is 10.4. The molecule has 0 bridgehead atoms. The number of thiophene rings is 1. The number of rotatable bonds is 5. The van der Waals surface area contributed by atoms with Crippen molar-refractivity contribution >= 4 is 40.2 Å². The second kappa shape index (κ2) is 6.59. The van der Waals surface area contributed by atoms with Crippen molar-refractivity contribution in [2.24, 2.45) is 0 Å². The molecule has 3 N–H and O–H groups in total. The normalized spacial score (nSPS) is 10.4. The van der Waals surface area contributed by atoms with E-state index in [0.29, 0.717) is 22.8 Å². The van der Waals surface area contributed by atoms with Crippen LogP contribution in [0.4, 0.5) is 11.4 Å². The van der Waals surface area contributed by atoms with E-state index in [0.717, 1.165) is 12.8 Å². The number of amides is 1. The maximum Gasteiger partial charge on any atom is 0.224 e. The van der Waals surface area contributed by atoms with E-state index in [9.17, 15) is 4.79 Å². The number of nitrogens with two attached hydrogens (primary N) is 1. The van der Waals surface area contributed by atoms with Crippen molar-refractivity contribution in [2.45, 2.75) is 19.3 Å². The molecule has 1 amide bonds. The van der Waals surface area contributed by atoms with Crippen LogP contribution in [0.15, 0.2) is 35.7 Å². The molecule has 0 aliphatic rings. The van der Waals surface area contributed by atoms with E-state index >= 15 is 0 Å². The molecule has 5 heteroatoms. The monoisotopic (exact) mass is 294 g/mol. The number of halogens is 1. The van der Waals surface area contributed by atoms with Crippen LogP contribution in [-0.4, -0.2) is 5.91 Å². The Morgan fingerprint density at radius 1 is 1.37 bits per heavy atom. The van der Waals surface area contributed by atoms with Gasteiger partial charge < -0.3 is 11.1 Å². The van der Waals surface area contributed by atoms with Gasteiger partial charge in [0.15, 0.2) is 0 Å². The van der Waals surface area contributed by atoms with E-state index in [-0.39, 0.29) is 5.91 Å². The molecule has 0 fully saturated rings. The molecule has 0 saturated carbocycles. The van der Waals surface area contributed by atoms with Crippen LogP contribution in [0.25, 0.3) is 0 Å². The number of nitrogens with one attached hydrogen (secondary N) is 1. The van der Waals surface area contributed by atoms with E-state index < -0.39 is 0 Å². The Bertz CT molecular complexity index is 555. The largest absolute Gasteiger partial charge is 0.399 e. The Morgan fingerprint density at radius 2 is 2.21 bits per heavy atom. The molecule has 1 heterocycles. The number of nitrogen functional groups attached to an aromatic ring is 1. The molecular formula is C14H15ClN2OS. The van der Waals surface area contributed by atoms with Crippen LogP contribution in [0.5, 0.6) is 0 Å². The van der Waals surface area contributed by atoms with Crippen LogP contribution in [-0.2, 0) is 11.2 Å². The highest BCUT2D eigenvalue weighted by atomic mass is 35.5. The maximum atomic E-state index is 11.8. The van der Waals surface area contributed by atoms with Gasteiger partial charge in [0, 0.05) is 17.0 Å². The average Bonchev–Trinajstić information content (AvgIpc) is 2.87. The quantitative estimate of drug-likeness (QED) is 0.821. The van der Waals surface area contributed by atoms with Gasteiger partial charge in [-0.25, -0.2) is 0 Å². The molecule has 2 rings (SSSR count). The molecule has 0 radical (unpaired) electrons. The van der Waals surface area contributed by atoms with Crippen molar-refractivity contribution in [3.8, 4) is 0 Å². The Kier molecular flexibility index (Phi) is 4.82. The fourth-order valence-electron chi connectivity index (χ4n) is 1.73. The molecule has 0 saturated heterocycles. The number of carbonyl (C=O) groups is 1. The third-order valence-electron chi connectivity index (χ3n) is 2.67. The summed E-state index contributed by atoms with van der Waals surface area (Å²) in [5.74, 6) is -0.0379. The minimum Gasteiger partial charge on any atom is -0.399 e. The van der Waals surface area contributed by atoms with Gasteiger partial charge in [-0.1, -0.05) is 17.7 Å². The standard InChI is InChI=1S/C14H15ClN2OS/c15-12-7-6-10(16)9-13(12)17-14(18)5-1-3-11-4-2-8-19-11/h2,4,6-9H,1,3,5,16H2,(H,17,18). The van der Waals surface area contributed by atoms with Crippen molar-refractivity contribution < 1.29 is 4.79 Å². The van der Waals surface area contributed by atoms with Crippen LogP contribution in [0.1, 0.15) is 17.7 Å². The van der Waals surface area contributed by atoms with Crippen molar-refractivity contribution in [3.05, 3.63) is 45.6 Å². The van der Waals surface area contributed by atoms with Gasteiger partial charge in [0.25, 0.3) is 0 Å². The summed E-state index contributed by atoms with van der Waals surface area (Å²) in [7, 11) is 0. The highest BCUT2D eigenvalue weighted by molar-refractivity contribution is 7.09. The smallest absolute Gasteiger partial charge is 0.224 e. The van der Waals surface area contributed by atoms with Crippen LogP contribution >= 0.6 is 22.9 Å². The first-order valence-corrected chi connectivity index (χ1v) is 7.28. The van der Waals surface area contributed by atoms with E-state index in [1.54, 1.807) is 29.5 Å². The predicted octanol–water partition coefficient (Wildman–Crippen LogP) is 3.95. The molecule has 0 unspecified atom stereocenters. The summed E-state index contributed by atoms with van der Waals surface area (Å²) < 4.78 is 0. The Balaban J connectivity index is 1.82. The van der Waals surface area contributed by atoms with Crippen LogP contribution < -0.4 is 11.1 Å². The molecule has 19 heavy (non-hydrogen) atoms. The third kappa shape index (κ3) is 4.26. The topological polar surface area (TPSA) is 55.1 Å². The molecule has 2 aromatic rings. The highest BCUT2D eigenvalue weighted by Crippen LogP contribution is 2.24. The Hall–Kier alpha value is -1.52. The summed E-state index contributed by atoms with van der Waals surface area (Å²) in [6.07, 6.45) is 2.23. The minimum absolute atomic E-state index is 0.0379. The summed E-state index contributed by atoms with van der Waals surface area (Å²) >= 11 is 7.70. The van der Waals surface area contributed by atoms with Crippen LogP contribution in [0.3, 0.4) is 0 Å². The summed E-state index contributed by atoms with van der Waals surface area (Å²) in [6, 6.07) is 9.15. The lowest BCUT2D eigenvalue weighted by molar-refractivity contribution is -0.116. The van der Waals surface area contributed by atoms with Gasteiger partial charge in [0.05, 0.1) is 10.7 Å². The molecular weight excluding hydrogens is 280 g/mol. The van der Waals surface area contributed by atoms with Crippen molar-refractivity contribution in [2.75, 3.05) is 11.1 Å². The van der Waals surface area contributed by atoms with Gasteiger partial charge in [0.2, 0.25) is 5.91 Å². The third-order valence-corrected chi connectivity index (χ3v) is 3.94. The summed E-state index contributed by atoms with van der Waals surface area (Å²) in [5, 5.41) is 5.33.